The summed E-state index contributed by atoms with van der Waals surface area (Å²) >= 11 is 6.15. The number of halogens is 1. The van der Waals surface area contributed by atoms with Crippen molar-refractivity contribution in [3.63, 3.8) is 0 Å². The Morgan fingerprint density at radius 2 is 2.00 bits per heavy atom. The van der Waals surface area contributed by atoms with E-state index in [9.17, 15) is 0 Å². The van der Waals surface area contributed by atoms with Crippen LogP contribution in [0.25, 0.3) is 0 Å². The highest BCUT2D eigenvalue weighted by atomic mass is 35.5. The minimum Gasteiger partial charge on any atom is -0.496 e. The first-order valence-corrected chi connectivity index (χ1v) is 5.88. The highest BCUT2D eigenvalue weighted by molar-refractivity contribution is 6.31. The number of nitrogens with one attached hydrogen (secondary N) is 1. The molecular weight excluding hydrogens is 222 g/mol. The van der Waals surface area contributed by atoms with E-state index in [1.807, 2.05) is 18.2 Å². The summed E-state index contributed by atoms with van der Waals surface area (Å²) in [6.45, 7) is 7.34. The van der Waals surface area contributed by atoms with E-state index >= 15 is 0 Å². The summed E-state index contributed by atoms with van der Waals surface area (Å²) < 4.78 is 5.30. The van der Waals surface area contributed by atoms with Crippen molar-refractivity contribution in [3.8, 4) is 5.75 Å². The van der Waals surface area contributed by atoms with Crippen molar-refractivity contribution in [1.29, 1.82) is 0 Å². The highest BCUT2D eigenvalue weighted by Crippen LogP contribution is 2.26. The molecule has 1 aromatic rings. The Kier molecular flexibility index (Phi) is 4.63. The molecule has 0 saturated heterocycles. The van der Waals surface area contributed by atoms with Crippen LogP contribution >= 0.6 is 11.6 Å². The van der Waals surface area contributed by atoms with Gasteiger partial charge in [0.25, 0.3) is 0 Å². The second kappa shape index (κ2) is 5.55. The number of hydrogen-bond donors (Lipinski definition) is 1. The molecule has 1 rings (SSSR count). The molecule has 0 unspecified atom stereocenters. The van der Waals surface area contributed by atoms with Crippen molar-refractivity contribution in [2.24, 2.45) is 0 Å². The van der Waals surface area contributed by atoms with Crippen molar-refractivity contribution in [2.75, 3.05) is 13.7 Å². The Labute approximate surface area is 103 Å². The minimum atomic E-state index is 0.133. The van der Waals surface area contributed by atoms with Gasteiger partial charge in [-0.15, -0.1) is 0 Å². The van der Waals surface area contributed by atoms with E-state index in [2.05, 4.69) is 26.1 Å². The number of ether oxygens (including phenoxy) is 1. The van der Waals surface area contributed by atoms with Gasteiger partial charge in [0.05, 0.1) is 7.11 Å². The van der Waals surface area contributed by atoms with Gasteiger partial charge in [0, 0.05) is 16.1 Å². The molecule has 3 heteroatoms. The molecule has 0 heterocycles. The summed E-state index contributed by atoms with van der Waals surface area (Å²) in [5.74, 6) is 0.864. The topological polar surface area (TPSA) is 21.3 Å². The van der Waals surface area contributed by atoms with Crippen LogP contribution in [0.3, 0.4) is 0 Å². The fourth-order valence-corrected chi connectivity index (χ4v) is 1.80. The largest absolute Gasteiger partial charge is 0.496 e. The zero-order valence-corrected chi connectivity index (χ0v) is 11.2. The Bertz CT molecular complexity index is 344. The Balaban J connectivity index is 2.66. The first-order chi connectivity index (χ1) is 7.44. The van der Waals surface area contributed by atoms with Gasteiger partial charge in [0.1, 0.15) is 5.75 Å². The van der Waals surface area contributed by atoms with E-state index < -0.39 is 0 Å². The van der Waals surface area contributed by atoms with Crippen LogP contribution in [0, 0.1) is 0 Å². The zero-order valence-electron chi connectivity index (χ0n) is 10.4. The lowest BCUT2D eigenvalue weighted by atomic mass is 10.1. The first-order valence-electron chi connectivity index (χ1n) is 5.50. The molecule has 1 aromatic carbocycles. The van der Waals surface area contributed by atoms with Gasteiger partial charge in [0.15, 0.2) is 0 Å². The van der Waals surface area contributed by atoms with E-state index in [1.165, 1.54) is 0 Å². The molecule has 0 radical (unpaired) electrons. The van der Waals surface area contributed by atoms with Gasteiger partial charge in [-0.2, -0.15) is 0 Å². The summed E-state index contributed by atoms with van der Waals surface area (Å²) in [6, 6.07) is 5.75. The lowest BCUT2D eigenvalue weighted by molar-refractivity contribution is 0.402. The smallest absolute Gasteiger partial charge is 0.123 e. The summed E-state index contributed by atoms with van der Waals surface area (Å²) in [5.41, 5.74) is 1.21. The van der Waals surface area contributed by atoms with Crippen LogP contribution in [0.2, 0.25) is 5.02 Å². The molecule has 0 amide bonds. The Morgan fingerprint density at radius 1 is 1.31 bits per heavy atom. The van der Waals surface area contributed by atoms with Crippen LogP contribution in [0.1, 0.15) is 26.3 Å². The van der Waals surface area contributed by atoms with Crippen molar-refractivity contribution >= 4 is 11.6 Å². The first kappa shape index (κ1) is 13.3. The third-order valence-corrected chi connectivity index (χ3v) is 2.68. The van der Waals surface area contributed by atoms with Crippen LogP contribution in [-0.2, 0) is 6.42 Å². The molecule has 0 saturated carbocycles. The van der Waals surface area contributed by atoms with Crippen LogP contribution in [0.15, 0.2) is 18.2 Å². The van der Waals surface area contributed by atoms with E-state index in [4.69, 9.17) is 16.3 Å². The van der Waals surface area contributed by atoms with Crippen molar-refractivity contribution in [2.45, 2.75) is 32.7 Å². The van der Waals surface area contributed by atoms with Gasteiger partial charge in [0.2, 0.25) is 0 Å². The van der Waals surface area contributed by atoms with Crippen LogP contribution < -0.4 is 10.1 Å². The summed E-state index contributed by atoms with van der Waals surface area (Å²) in [5, 5.41) is 4.21. The Morgan fingerprint density at radius 3 is 2.56 bits per heavy atom. The summed E-state index contributed by atoms with van der Waals surface area (Å²) in [6.07, 6.45) is 0.875. The van der Waals surface area contributed by atoms with Crippen molar-refractivity contribution in [3.05, 3.63) is 28.8 Å². The van der Waals surface area contributed by atoms with Gasteiger partial charge >= 0.3 is 0 Å². The van der Waals surface area contributed by atoms with Gasteiger partial charge in [-0.05, 0) is 45.9 Å². The molecule has 0 bridgehead atoms. The molecule has 16 heavy (non-hydrogen) atoms. The second-order valence-corrected chi connectivity index (χ2v) is 5.25. The van der Waals surface area contributed by atoms with E-state index in [-0.39, 0.29) is 5.54 Å². The van der Waals surface area contributed by atoms with Crippen molar-refractivity contribution < 1.29 is 4.74 Å². The average Bonchev–Trinajstić information content (AvgIpc) is 2.18. The third kappa shape index (κ3) is 4.03. The molecule has 0 spiro atoms. The van der Waals surface area contributed by atoms with Crippen LogP contribution in [-0.4, -0.2) is 19.2 Å². The van der Waals surface area contributed by atoms with E-state index in [0.717, 1.165) is 29.3 Å². The molecule has 0 aromatic heterocycles. The fourth-order valence-electron chi connectivity index (χ4n) is 1.54. The molecule has 0 aliphatic heterocycles. The maximum Gasteiger partial charge on any atom is 0.123 e. The van der Waals surface area contributed by atoms with Crippen molar-refractivity contribution in [1.82, 2.24) is 5.32 Å². The number of methoxy groups -OCH3 is 1. The third-order valence-electron chi connectivity index (χ3n) is 2.33. The molecule has 90 valence electrons. The molecule has 2 nitrogen and oxygen atoms in total. The zero-order chi connectivity index (χ0) is 12.2. The van der Waals surface area contributed by atoms with Crippen LogP contribution in [0.4, 0.5) is 0 Å². The normalized spacial score (nSPS) is 11.6. The molecule has 0 aliphatic carbocycles. The monoisotopic (exact) mass is 241 g/mol. The fraction of sp³-hybridized carbons (Fsp3) is 0.538. The van der Waals surface area contributed by atoms with Gasteiger partial charge in [-0.3, -0.25) is 0 Å². The quantitative estimate of drug-likeness (QED) is 0.874. The maximum atomic E-state index is 6.15. The second-order valence-electron chi connectivity index (χ2n) is 4.85. The maximum absolute atomic E-state index is 6.15. The van der Waals surface area contributed by atoms with Crippen LogP contribution in [0.5, 0.6) is 5.75 Å². The Hall–Kier alpha value is -0.730. The highest BCUT2D eigenvalue weighted by Gasteiger charge is 2.11. The van der Waals surface area contributed by atoms with E-state index in [0.29, 0.717) is 0 Å². The summed E-state index contributed by atoms with van der Waals surface area (Å²) in [4.78, 5) is 0. The molecule has 0 fully saturated rings. The predicted molar refractivity (Wildman–Crippen MR) is 69.5 cm³/mol. The number of rotatable bonds is 4. The SMILES string of the molecule is COc1cccc(Cl)c1CCNC(C)(C)C. The predicted octanol–water partition coefficient (Wildman–Crippen LogP) is 3.28. The van der Waals surface area contributed by atoms with Gasteiger partial charge in [-0.25, -0.2) is 0 Å². The lowest BCUT2D eigenvalue weighted by Gasteiger charge is -2.21. The van der Waals surface area contributed by atoms with Gasteiger partial charge in [-0.1, -0.05) is 17.7 Å². The molecular formula is C13H20ClNO. The minimum absolute atomic E-state index is 0.133. The molecule has 0 atom stereocenters. The molecule has 1 N–H and O–H groups in total. The number of hydrogen-bond acceptors (Lipinski definition) is 2. The molecule has 0 aliphatic rings. The van der Waals surface area contributed by atoms with E-state index in [1.54, 1.807) is 7.11 Å². The standard InChI is InChI=1S/C13H20ClNO/c1-13(2,3)15-9-8-10-11(14)6-5-7-12(10)16-4/h5-7,15H,8-9H2,1-4H3. The van der Waals surface area contributed by atoms with Gasteiger partial charge < -0.3 is 10.1 Å². The average molecular weight is 242 g/mol. The lowest BCUT2D eigenvalue weighted by Crippen LogP contribution is -2.37. The summed E-state index contributed by atoms with van der Waals surface area (Å²) in [7, 11) is 1.67. The number of benzene rings is 1.